The van der Waals surface area contributed by atoms with Gasteiger partial charge in [0.15, 0.2) is 11.5 Å². The number of hydrogen-bond donors (Lipinski definition) is 1. The van der Waals surface area contributed by atoms with E-state index in [1.807, 2.05) is 6.07 Å². The van der Waals surface area contributed by atoms with Gasteiger partial charge in [-0.15, -0.1) is 0 Å². The van der Waals surface area contributed by atoms with Crippen LogP contribution in [0.25, 0.3) is 0 Å². The van der Waals surface area contributed by atoms with Gasteiger partial charge in [0.2, 0.25) is 0 Å². The Morgan fingerprint density at radius 3 is 2.49 bits per heavy atom. The molecular formula is C27H29F3N2O3. The van der Waals surface area contributed by atoms with Gasteiger partial charge >= 0.3 is 12.1 Å². The average Bonchev–Trinajstić information content (AvgIpc) is 3.34. The van der Waals surface area contributed by atoms with Gasteiger partial charge in [-0.05, 0) is 85.3 Å². The van der Waals surface area contributed by atoms with E-state index in [1.54, 1.807) is 11.6 Å². The minimum Gasteiger partial charge on any atom is -0.476 e. The van der Waals surface area contributed by atoms with E-state index < -0.39 is 17.7 Å². The predicted molar refractivity (Wildman–Crippen MR) is 121 cm³/mol. The number of alkyl halides is 3. The summed E-state index contributed by atoms with van der Waals surface area (Å²) in [5, 5.41) is 13.8. The molecule has 0 saturated heterocycles. The lowest BCUT2D eigenvalue weighted by Crippen LogP contribution is -2.19. The number of ketones is 1. The van der Waals surface area contributed by atoms with Crippen LogP contribution in [0.5, 0.6) is 0 Å². The molecule has 1 heterocycles. The van der Waals surface area contributed by atoms with Crippen LogP contribution in [0.3, 0.4) is 0 Å². The monoisotopic (exact) mass is 486 g/mol. The maximum absolute atomic E-state index is 13.3. The number of aromatic carboxylic acids is 1. The van der Waals surface area contributed by atoms with Crippen LogP contribution in [0.4, 0.5) is 13.2 Å². The highest BCUT2D eigenvalue weighted by Gasteiger charge is 2.90. The first kappa shape index (κ1) is 22.8. The predicted octanol–water partition coefficient (Wildman–Crippen LogP) is 6.06. The molecule has 5 aliphatic rings. The van der Waals surface area contributed by atoms with Gasteiger partial charge in [-0.25, -0.2) is 4.79 Å². The second-order valence-corrected chi connectivity index (χ2v) is 11.3. The van der Waals surface area contributed by atoms with E-state index in [9.17, 15) is 27.9 Å². The van der Waals surface area contributed by atoms with E-state index in [1.165, 1.54) is 6.07 Å². The number of benzene rings is 1. The lowest BCUT2D eigenvalue weighted by atomic mass is 9.75. The number of hydrogen-bond acceptors (Lipinski definition) is 3. The summed E-state index contributed by atoms with van der Waals surface area (Å²) in [6.45, 7) is 3.89. The van der Waals surface area contributed by atoms with Crippen LogP contribution >= 0.6 is 0 Å². The molecule has 5 aliphatic carbocycles. The number of Topliss-reactive ketones (excluding diaryl/α,β-unsaturated/α-hetero) is 1. The quantitative estimate of drug-likeness (QED) is 0.516. The Labute approximate surface area is 201 Å². The molecule has 3 fully saturated rings. The molecule has 5 nitrogen and oxygen atoms in total. The van der Waals surface area contributed by atoms with Crippen molar-refractivity contribution in [2.75, 3.05) is 0 Å². The Hall–Kier alpha value is -2.64. The van der Waals surface area contributed by atoms with E-state index in [4.69, 9.17) is 0 Å². The van der Waals surface area contributed by atoms with E-state index in [0.717, 1.165) is 55.0 Å². The van der Waals surface area contributed by atoms with Gasteiger partial charge in [-0.1, -0.05) is 19.1 Å². The summed E-state index contributed by atoms with van der Waals surface area (Å²) in [5.74, 6) is 0.781. The highest BCUT2D eigenvalue weighted by atomic mass is 19.4. The lowest BCUT2D eigenvalue weighted by molar-refractivity contribution is -0.138. The Kier molecular flexibility index (Phi) is 4.84. The molecule has 0 spiro atoms. The highest BCUT2D eigenvalue weighted by Crippen LogP contribution is 2.96. The molecule has 186 valence electrons. The summed E-state index contributed by atoms with van der Waals surface area (Å²) in [6.07, 6.45) is 0.308. The molecule has 1 unspecified atom stereocenters. The summed E-state index contributed by atoms with van der Waals surface area (Å²) >= 11 is 0. The second kappa shape index (κ2) is 7.43. The maximum atomic E-state index is 13.3. The molecule has 7 rings (SSSR count). The first-order valence-corrected chi connectivity index (χ1v) is 12.6. The zero-order chi connectivity index (χ0) is 24.9. The first-order valence-electron chi connectivity index (χ1n) is 12.6. The molecule has 1 aromatic carbocycles. The van der Waals surface area contributed by atoms with Crippen molar-refractivity contribution in [3.05, 3.63) is 51.8 Å². The van der Waals surface area contributed by atoms with Crippen LogP contribution in [-0.4, -0.2) is 26.6 Å². The minimum absolute atomic E-state index is 0.0624. The standard InChI is InChI=1S/C27H29F3N2O3/c1-13-17(4-3-5-18(13)27(28,29)30)15-9-6-14(7-10-15)8-11-16(33)12-32-24-19(23(31-32)25(34)35)20-21-22(24)26(20,21)2/h3-5,14-15,20-22H,6-12H2,1-2H3,(H,34,35)/t14?,15?,20-,21-,22?,26-/m0/s1. The largest absolute Gasteiger partial charge is 0.476 e. The van der Waals surface area contributed by atoms with Gasteiger partial charge in [0.25, 0.3) is 0 Å². The highest BCUT2D eigenvalue weighted by molar-refractivity contribution is 5.90. The summed E-state index contributed by atoms with van der Waals surface area (Å²) in [6, 6.07) is 4.47. The van der Waals surface area contributed by atoms with Gasteiger partial charge in [0, 0.05) is 23.6 Å². The second-order valence-electron chi connectivity index (χ2n) is 11.3. The van der Waals surface area contributed by atoms with Gasteiger partial charge in [-0.3, -0.25) is 9.48 Å². The molecular weight excluding hydrogens is 457 g/mol. The van der Waals surface area contributed by atoms with Gasteiger partial charge < -0.3 is 5.11 Å². The van der Waals surface area contributed by atoms with Crippen LogP contribution in [0.1, 0.15) is 102 Å². The molecule has 2 aromatic rings. The molecule has 2 bridgehead atoms. The minimum atomic E-state index is -4.34. The summed E-state index contributed by atoms with van der Waals surface area (Å²) in [4.78, 5) is 24.5. The third kappa shape index (κ3) is 3.31. The van der Waals surface area contributed by atoms with Crippen molar-refractivity contribution in [2.45, 2.75) is 82.8 Å². The van der Waals surface area contributed by atoms with E-state index in [-0.39, 0.29) is 29.4 Å². The number of rotatable bonds is 7. The summed E-state index contributed by atoms with van der Waals surface area (Å²) < 4.78 is 41.5. The fraction of sp³-hybridized carbons (Fsp3) is 0.593. The normalized spacial score (nSPS) is 32.2. The third-order valence-corrected chi connectivity index (χ3v) is 9.52. The number of carbonyl (C=O) groups is 2. The Balaban J connectivity index is 1.04. The van der Waals surface area contributed by atoms with Crippen molar-refractivity contribution >= 4 is 11.8 Å². The molecule has 4 atom stereocenters. The first-order chi connectivity index (χ1) is 16.5. The molecule has 1 N–H and O–H groups in total. The van der Waals surface area contributed by atoms with E-state index >= 15 is 0 Å². The lowest BCUT2D eigenvalue weighted by Gasteiger charge is -2.30. The molecule has 8 heteroatoms. The van der Waals surface area contributed by atoms with E-state index in [0.29, 0.717) is 35.7 Å². The molecule has 0 amide bonds. The molecule has 1 aromatic heterocycles. The van der Waals surface area contributed by atoms with Gasteiger partial charge in [0.1, 0.15) is 0 Å². The molecule has 3 saturated carbocycles. The summed E-state index contributed by atoms with van der Waals surface area (Å²) in [5.41, 5.74) is 2.75. The van der Waals surface area contributed by atoms with Gasteiger partial charge in [0.05, 0.1) is 12.1 Å². The van der Waals surface area contributed by atoms with Crippen molar-refractivity contribution in [1.29, 1.82) is 0 Å². The molecule has 0 radical (unpaired) electrons. The third-order valence-electron chi connectivity index (χ3n) is 9.52. The maximum Gasteiger partial charge on any atom is 0.416 e. The fourth-order valence-corrected chi connectivity index (χ4v) is 7.53. The Bertz CT molecular complexity index is 1240. The van der Waals surface area contributed by atoms with Crippen molar-refractivity contribution in [2.24, 2.45) is 17.3 Å². The zero-order valence-electron chi connectivity index (χ0n) is 19.9. The molecule has 0 aliphatic heterocycles. The van der Waals surface area contributed by atoms with Crippen LogP contribution in [0.15, 0.2) is 18.2 Å². The number of carboxylic acids is 1. The van der Waals surface area contributed by atoms with Crippen LogP contribution in [-0.2, 0) is 17.5 Å². The van der Waals surface area contributed by atoms with Crippen molar-refractivity contribution in [3.63, 3.8) is 0 Å². The summed E-state index contributed by atoms with van der Waals surface area (Å²) in [7, 11) is 0. The Morgan fingerprint density at radius 2 is 1.86 bits per heavy atom. The van der Waals surface area contributed by atoms with Crippen LogP contribution in [0.2, 0.25) is 0 Å². The van der Waals surface area contributed by atoms with Crippen molar-refractivity contribution in [1.82, 2.24) is 9.78 Å². The topological polar surface area (TPSA) is 72.2 Å². The number of nitrogens with zero attached hydrogens (tertiary/aromatic N) is 2. The SMILES string of the molecule is Cc1c(C2CCC(CCC(=O)Cn3nc(C(=O)O)c4c3C3[C@@H]5[C@H]4[C@]35C)CC2)cccc1C(F)(F)F. The fourth-order valence-electron chi connectivity index (χ4n) is 7.53. The van der Waals surface area contributed by atoms with Crippen molar-refractivity contribution in [3.8, 4) is 0 Å². The Morgan fingerprint density at radius 1 is 1.17 bits per heavy atom. The average molecular weight is 487 g/mol. The number of aromatic nitrogens is 2. The molecule has 35 heavy (non-hydrogen) atoms. The zero-order valence-corrected chi connectivity index (χ0v) is 19.9. The number of carboxylic acid groups (broad SMARTS) is 1. The van der Waals surface area contributed by atoms with Crippen LogP contribution in [0, 0.1) is 24.2 Å². The van der Waals surface area contributed by atoms with Crippen LogP contribution < -0.4 is 0 Å². The van der Waals surface area contributed by atoms with E-state index in [2.05, 4.69) is 12.0 Å². The number of halogens is 3. The number of carbonyl (C=O) groups excluding carboxylic acids is 1. The van der Waals surface area contributed by atoms with Crippen molar-refractivity contribution < 1.29 is 27.9 Å². The smallest absolute Gasteiger partial charge is 0.416 e. The van der Waals surface area contributed by atoms with Gasteiger partial charge in [-0.2, -0.15) is 18.3 Å².